The summed E-state index contributed by atoms with van der Waals surface area (Å²) < 4.78 is 89.8. The standard InChI is InChI=1S/C50H40N2/c1-49(2,3)33-23-39-35-19-17-31(29-13-9-7-10-14-29)21-43(35)51-45-28-38-42-26-34(50(4,5)6)24-40-36-20-18-32(30-15-11-8-12-16-30)22-44(36)52(48(40)42)46(38)27-37(45)41(25-33)47(39)51/h7-28H,1-6H3/i7D,8D,9D,10D,11D,12D,13D,14D,15D,16D. The highest BCUT2D eigenvalue weighted by molar-refractivity contribution is 6.29. The molecule has 11 aromatic rings. The van der Waals surface area contributed by atoms with Crippen molar-refractivity contribution in [2.24, 2.45) is 0 Å². The summed E-state index contributed by atoms with van der Waals surface area (Å²) in [4.78, 5) is 0. The molecule has 0 atom stereocenters. The molecule has 0 saturated heterocycles. The molecule has 2 nitrogen and oxygen atoms in total. The molecule has 250 valence electrons. The van der Waals surface area contributed by atoms with Gasteiger partial charge in [0, 0.05) is 43.1 Å². The van der Waals surface area contributed by atoms with Gasteiger partial charge in [0.25, 0.3) is 0 Å². The van der Waals surface area contributed by atoms with Crippen LogP contribution in [0.5, 0.6) is 0 Å². The zero-order valence-corrected chi connectivity index (χ0v) is 29.8. The molecule has 0 saturated carbocycles. The Balaban J connectivity index is 1.31. The average molecular weight is 679 g/mol. The minimum atomic E-state index is -0.424. The van der Waals surface area contributed by atoms with E-state index in [4.69, 9.17) is 13.7 Å². The lowest BCUT2D eigenvalue weighted by Gasteiger charge is -2.19. The molecule has 0 aliphatic heterocycles. The van der Waals surface area contributed by atoms with Crippen LogP contribution in [-0.2, 0) is 10.8 Å². The first-order valence-corrected chi connectivity index (χ1v) is 17.8. The first kappa shape index (κ1) is 21.5. The van der Waals surface area contributed by atoms with E-state index >= 15 is 0 Å². The van der Waals surface area contributed by atoms with E-state index in [9.17, 15) is 0 Å². The number of fused-ring (bicyclic) bond motifs is 12. The maximum Gasteiger partial charge on any atom is 0.0629 e. The summed E-state index contributed by atoms with van der Waals surface area (Å²) in [5.74, 6) is 0. The summed E-state index contributed by atoms with van der Waals surface area (Å²) in [6.07, 6.45) is 0. The van der Waals surface area contributed by atoms with E-state index in [0.717, 1.165) is 87.3 Å². The number of aromatic nitrogens is 2. The Labute approximate surface area is 317 Å². The van der Waals surface area contributed by atoms with Crippen LogP contribution in [0.15, 0.2) is 133 Å². The summed E-state index contributed by atoms with van der Waals surface area (Å²) in [7, 11) is 0. The summed E-state index contributed by atoms with van der Waals surface area (Å²) in [5.41, 5.74) is 9.14. The van der Waals surface area contributed by atoms with E-state index in [2.05, 4.69) is 86.7 Å². The highest BCUT2D eigenvalue weighted by atomic mass is 14.9. The maximum absolute atomic E-state index is 8.80. The first-order chi connectivity index (χ1) is 29.2. The molecule has 0 N–H and O–H groups in total. The molecular weight excluding hydrogens is 629 g/mol. The molecule has 0 fully saturated rings. The fourth-order valence-corrected chi connectivity index (χ4v) is 8.55. The summed E-state index contributed by atoms with van der Waals surface area (Å²) in [6, 6.07) is 22.0. The smallest absolute Gasteiger partial charge is 0.0629 e. The van der Waals surface area contributed by atoms with Crippen LogP contribution in [0, 0.1) is 0 Å². The quantitative estimate of drug-likeness (QED) is 0.172. The SMILES string of the molecule is [2H]c1c([2H])c([2H])c(-c2ccc3c4cc(C(C)(C)C)cc5c6cc7c(cc6n(c3c2)c45)c2cc(C(C)(C)C)cc3c4ccc(-c5c([2H])c([2H])c([2H])c([2H])c5[2H])cc4n7c32)c([2H])c1[2H]. The topological polar surface area (TPSA) is 8.82 Å². The molecule has 4 heterocycles. The van der Waals surface area contributed by atoms with Crippen LogP contribution in [0.4, 0.5) is 0 Å². The van der Waals surface area contributed by atoms with Gasteiger partial charge in [-0.05, 0) is 92.7 Å². The highest BCUT2D eigenvalue weighted by Crippen LogP contribution is 2.47. The van der Waals surface area contributed by atoms with Crippen molar-refractivity contribution < 1.29 is 13.7 Å². The fraction of sp³-hybridized carbons (Fsp3) is 0.160. The second-order valence-corrected chi connectivity index (χ2v) is 16.4. The van der Waals surface area contributed by atoms with Gasteiger partial charge in [0.05, 0.1) is 46.8 Å². The van der Waals surface area contributed by atoms with Gasteiger partial charge in [-0.2, -0.15) is 0 Å². The minimum absolute atomic E-state index is 0.161. The van der Waals surface area contributed by atoms with Gasteiger partial charge in [-0.1, -0.05) is 126 Å². The van der Waals surface area contributed by atoms with Crippen molar-refractivity contribution in [2.45, 2.75) is 52.4 Å². The molecule has 0 amide bonds. The normalized spacial score (nSPS) is 15.9. The average Bonchev–Trinajstić information content (AvgIpc) is 3.94. The van der Waals surface area contributed by atoms with Crippen LogP contribution >= 0.6 is 0 Å². The van der Waals surface area contributed by atoms with Crippen molar-refractivity contribution in [1.82, 2.24) is 8.80 Å². The summed E-state index contributed by atoms with van der Waals surface area (Å²) in [6.45, 7) is 13.2. The van der Waals surface area contributed by atoms with Crippen LogP contribution in [0.25, 0.3) is 98.4 Å². The van der Waals surface area contributed by atoms with E-state index in [-0.39, 0.29) is 70.3 Å². The maximum atomic E-state index is 8.80. The predicted molar refractivity (Wildman–Crippen MR) is 224 cm³/mol. The lowest BCUT2D eigenvalue weighted by molar-refractivity contribution is 0.591. The lowest BCUT2D eigenvalue weighted by atomic mass is 9.85. The Kier molecular flexibility index (Phi) is 4.10. The molecule has 0 radical (unpaired) electrons. The number of benzene rings is 7. The molecule has 52 heavy (non-hydrogen) atoms. The third kappa shape index (κ3) is 3.95. The predicted octanol–water partition coefficient (Wildman–Crippen LogP) is 13.9. The Morgan fingerprint density at radius 2 is 0.712 bits per heavy atom. The number of rotatable bonds is 2. The van der Waals surface area contributed by atoms with Crippen LogP contribution in [-0.4, -0.2) is 8.80 Å². The van der Waals surface area contributed by atoms with Crippen LogP contribution in [0.1, 0.15) is 66.4 Å². The van der Waals surface area contributed by atoms with Gasteiger partial charge in [-0.3, -0.25) is 0 Å². The van der Waals surface area contributed by atoms with Gasteiger partial charge in [-0.15, -0.1) is 0 Å². The van der Waals surface area contributed by atoms with E-state index < -0.39 is 12.1 Å². The zero-order chi connectivity index (χ0) is 44.0. The van der Waals surface area contributed by atoms with E-state index in [0.29, 0.717) is 11.1 Å². The number of nitrogens with zero attached hydrogens (tertiary/aromatic N) is 2. The second kappa shape index (κ2) is 9.92. The van der Waals surface area contributed by atoms with E-state index in [1.54, 1.807) is 0 Å². The Morgan fingerprint density at radius 3 is 1.08 bits per heavy atom. The summed E-state index contributed by atoms with van der Waals surface area (Å²) >= 11 is 0. The van der Waals surface area contributed by atoms with Crippen molar-refractivity contribution in [1.29, 1.82) is 0 Å². The molecule has 0 unspecified atom stereocenters. The van der Waals surface area contributed by atoms with Crippen LogP contribution in [0.2, 0.25) is 0 Å². The lowest BCUT2D eigenvalue weighted by Crippen LogP contribution is -2.10. The van der Waals surface area contributed by atoms with Gasteiger partial charge < -0.3 is 8.80 Å². The van der Waals surface area contributed by atoms with Crippen molar-refractivity contribution in [2.75, 3.05) is 0 Å². The second-order valence-electron chi connectivity index (χ2n) is 16.4. The molecule has 0 aliphatic rings. The Morgan fingerprint density at radius 1 is 0.365 bits per heavy atom. The van der Waals surface area contributed by atoms with Crippen LogP contribution in [0.3, 0.4) is 0 Å². The molecule has 11 rings (SSSR count). The van der Waals surface area contributed by atoms with Gasteiger partial charge in [-0.25, -0.2) is 0 Å². The third-order valence-electron chi connectivity index (χ3n) is 11.2. The van der Waals surface area contributed by atoms with Gasteiger partial charge >= 0.3 is 0 Å². The monoisotopic (exact) mass is 678 g/mol. The fourth-order valence-electron chi connectivity index (χ4n) is 8.55. The van der Waals surface area contributed by atoms with Crippen molar-refractivity contribution >= 4 is 76.2 Å². The van der Waals surface area contributed by atoms with Gasteiger partial charge in [0.1, 0.15) is 0 Å². The van der Waals surface area contributed by atoms with E-state index in [1.165, 1.54) is 0 Å². The molecule has 0 spiro atoms. The zero-order valence-electron chi connectivity index (χ0n) is 39.8. The van der Waals surface area contributed by atoms with Crippen molar-refractivity contribution in [3.63, 3.8) is 0 Å². The molecule has 0 bridgehead atoms. The first-order valence-electron chi connectivity index (χ1n) is 22.8. The highest BCUT2D eigenvalue weighted by Gasteiger charge is 2.26. The number of hydrogen-bond acceptors (Lipinski definition) is 0. The van der Waals surface area contributed by atoms with Crippen molar-refractivity contribution in [3.05, 3.63) is 144 Å². The van der Waals surface area contributed by atoms with Gasteiger partial charge in [0.2, 0.25) is 0 Å². The van der Waals surface area contributed by atoms with Crippen LogP contribution < -0.4 is 0 Å². The number of hydrogen-bond donors (Lipinski definition) is 0. The molecule has 2 heteroatoms. The molecule has 7 aromatic carbocycles. The van der Waals surface area contributed by atoms with E-state index in [1.807, 2.05) is 36.4 Å². The molecule has 4 aromatic heterocycles. The van der Waals surface area contributed by atoms with Gasteiger partial charge in [0.15, 0.2) is 0 Å². The van der Waals surface area contributed by atoms with Crippen molar-refractivity contribution in [3.8, 4) is 22.3 Å². The Hall–Kier alpha value is -5.86. The molecule has 0 aliphatic carbocycles. The Bertz CT molecular complexity index is 3520. The summed E-state index contributed by atoms with van der Waals surface area (Å²) in [5, 5.41) is 8.36. The largest absolute Gasteiger partial charge is 0.308 e. The molecular formula is C50H40N2. The third-order valence-corrected chi connectivity index (χ3v) is 11.2. The minimum Gasteiger partial charge on any atom is -0.308 e.